The molecule has 0 spiro atoms. The molecular formula is C23H30F3N3O3S. The van der Waals surface area contributed by atoms with Gasteiger partial charge in [0.2, 0.25) is 15.9 Å². The van der Waals surface area contributed by atoms with E-state index in [9.17, 15) is 26.4 Å². The van der Waals surface area contributed by atoms with Crippen molar-refractivity contribution >= 4 is 15.9 Å². The van der Waals surface area contributed by atoms with E-state index in [1.54, 1.807) is 0 Å². The van der Waals surface area contributed by atoms with Crippen LogP contribution in [0.25, 0.3) is 0 Å². The van der Waals surface area contributed by atoms with Crippen LogP contribution < -0.4 is 5.32 Å². The summed E-state index contributed by atoms with van der Waals surface area (Å²) in [4.78, 5) is 14.4. The molecule has 1 aromatic carbocycles. The van der Waals surface area contributed by atoms with Gasteiger partial charge in [-0.25, -0.2) is 8.42 Å². The van der Waals surface area contributed by atoms with Crippen molar-refractivity contribution in [2.45, 2.75) is 55.1 Å². The molecule has 1 aromatic rings. The van der Waals surface area contributed by atoms with Crippen molar-refractivity contribution in [3.8, 4) is 0 Å². The highest BCUT2D eigenvalue weighted by molar-refractivity contribution is 7.89. The highest BCUT2D eigenvalue weighted by atomic mass is 32.2. The Morgan fingerprint density at radius 2 is 1.58 bits per heavy atom. The van der Waals surface area contributed by atoms with Gasteiger partial charge in [0.15, 0.2) is 0 Å². The Hall–Kier alpha value is -1.65. The molecule has 182 valence electrons. The molecule has 1 N–H and O–H groups in total. The number of benzene rings is 1. The molecule has 5 aliphatic rings. The molecule has 5 fully saturated rings. The topological polar surface area (TPSA) is 69.7 Å². The van der Waals surface area contributed by atoms with Crippen LogP contribution in [0.5, 0.6) is 0 Å². The number of hydrogen-bond acceptors (Lipinski definition) is 4. The molecule has 10 heteroatoms. The summed E-state index contributed by atoms with van der Waals surface area (Å²) in [6.45, 7) is 1.24. The minimum absolute atomic E-state index is 0.00821. The summed E-state index contributed by atoms with van der Waals surface area (Å²) >= 11 is 0. The van der Waals surface area contributed by atoms with Gasteiger partial charge in [0.25, 0.3) is 0 Å². The third-order valence-electron chi connectivity index (χ3n) is 7.94. The van der Waals surface area contributed by atoms with Gasteiger partial charge in [0.05, 0.1) is 17.0 Å². The molecule has 33 heavy (non-hydrogen) atoms. The van der Waals surface area contributed by atoms with Crippen molar-refractivity contribution in [1.82, 2.24) is 14.5 Å². The Kier molecular flexibility index (Phi) is 5.77. The smallest absolute Gasteiger partial charge is 0.350 e. The summed E-state index contributed by atoms with van der Waals surface area (Å²) in [7, 11) is -4.03. The van der Waals surface area contributed by atoms with Gasteiger partial charge in [-0.05, 0) is 74.5 Å². The molecule has 0 aromatic heterocycles. The number of amides is 1. The van der Waals surface area contributed by atoms with E-state index in [4.69, 9.17) is 0 Å². The van der Waals surface area contributed by atoms with E-state index in [2.05, 4.69) is 5.32 Å². The molecule has 1 aliphatic heterocycles. The van der Waals surface area contributed by atoms with Crippen molar-refractivity contribution < 1.29 is 26.4 Å². The van der Waals surface area contributed by atoms with Crippen LogP contribution in [0.4, 0.5) is 13.2 Å². The molecule has 1 amide bonds. The lowest BCUT2D eigenvalue weighted by atomic mass is 9.53. The first-order valence-electron chi connectivity index (χ1n) is 11.7. The van der Waals surface area contributed by atoms with Crippen molar-refractivity contribution in [3.63, 3.8) is 0 Å². The largest absolute Gasteiger partial charge is 0.416 e. The van der Waals surface area contributed by atoms with E-state index >= 15 is 0 Å². The Morgan fingerprint density at radius 1 is 1.00 bits per heavy atom. The minimum atomic E-state index is -4.60. The number of nitrogens with one attached hydrogen (secondary N) is 1. The first-order valence-corrected chi connectivity index (χ1v) is 13.2. The van der Waals surface area contributed by atoms with Gasteiger partial charge in [-0.1, -0.05) is 6.07 Å². The van der Waals surface area contributed by atoms with Crippen LogP contribution >= 0.6 is 0 Å². The fraction of sp³-hybridized carbons (Fsp3) is 0.696. The maximum atomic E-state index is 13.0. The van der Waals surface area contributed by atoms with Crippen LogP contribution in [0.2, 0.25) is 0 Å². The molecule has 1 heterocycles. The molecule has 4 aliphatic carbocycles. The predicted octanol–water partition coefficient (Wildman–Crippen LogP) is 3.10. The third-order valence-corrected chi connectivity index (χ3v) is 9.84. The van der Waals surface area contributed by atoms with E-state index in [-0.39, 0.29) is 36.0 Å². The van der Waals surface area contributed by atoms with Crippen molar-refractivity contribution in [3.05, 3.63) is 29.8 Å². The zero-order valence-electron chi connectivity index (χ0n) is 18.5. The summed E-state index contributed by atoms with van der Waals surface area (Å²) < 4.78 is 65.9. The Labute approximate surface area is 192 Å². The fourth-order valence-electron chi connectivity index (χ4n) is 6.91. The SMILES string of the molecule is O=C(CN1CCN(S(=O)(=O)c2cccc(C(F)(F)F)c2)CC1)NC12CC3CC(CC(C3)C1)C2. The number of rotatable bonds is 5. The van der Waals surface area contributed by atoms with E-state index in [0.29, 0.717) is 19.2 Å². The van der Waals surface area contributed by atoms with Gasteiger partial charge in [-0.15, -0.1) is 0 Å². The average Bonchev–Trinajstić information content (AvgIpc) is 2.72. The zero-order valence-corrected chi connectivity index (χ0v) is 19.3. The maximum Gasteiger partial charge on any atom is 0.416 e. The Bertz CT molecular complexity index is 984. The lowest BCUT2D eigenvalue weighted by Gasteiger charge is -2.57. The van der Waals surface area contributed by atoms with E-state index in [1.807, 2.05) is 4.90 Å². The minimum Gasteiger partial charge on any atom is -0.350 e. The first kappa shape index (κ1) is 23.1. The standard InChI is InChI=1S/C23H30F3N3O3S/c24-23(25,26)19-2-1-3-20(11-19)33(31,32)29-6-4-28(5-7-29)15-21(30)27-22-12-16-8-17(13-22)10-18(9-16)14-22/h1-3,11,16-18H,4-10,12-15H2,(H,27,30). The summed E-state index contributed by atoms with van der Waals surface area (Å²) in [6, 6.07) is 3.84. The number of piperazine rings is 1. The van der Waals surface area contributed by atoms with E-state index in [1.165, 1.54) is 29.6 Å². The van der Waals surface area contributed by atoms with Crippen LogP contribution in [-0.4, -0.2) is 61.8 Å². The number of nitrogens with zero attached hydrogens (tertiary/aromatic N) is 2. The second-order valence-electron chi connectivity index (χ2n) is 10.5. The summed E-state index contributed by atoms with van der Waals surface area (Å²) in [5, 5.41) is 3.34. The van der Waals surface area contributed by atoms with Crippen molar-refractivity contribution in [1.29, 1.82) is 0 Å². The normalized spacial score (nSPS) is 32.8. The molecule has 0 radical (unpaired) electrons. The molecule has 4 bridgehead atoms. The molecule has 1 saturated heterocycles. The Balaban J connectivity index is 1.16. The van der Waals surface area contributed by atoms with Gasteiger partial charge in [-0.2, -0.15) is 17.5 Å². The highest BCUT2D eigenvalue weighted by Crippen LogP contribution is 2.55. The third kappa shape index (κ3) is 4.66. The van der Waals surface area contributed by atoms with Crippen LogP contribution in [0.15, 0.2) is 29.2 Å². The molecule has 0 atom stereocenters. The second kappa shape index (κ2) is 8.23. The van der Waals surface area contributed by atoms with E-state index in [0.717, 1.165) is 49.1 Å². The number of carbonyl (C=O) groups excluding carboxylic acids is 1. The van der Waals surface area contributed by atoms with Gasteiger partial charge < -0.3 is 5.32 Å². The monoisotopic (exact) mass is 485 g/mol. The number of sulfonamides is 1. The average molecular weight is 486 g/mol. The molecule has 4 saturated carbocycles. The van der Waals surface area contributed by atoms with Crippen LogP contribution in [0.1, 0.15) is 44.1 Å². The second-order valence-corrected chi connectivity index (χ2v) is 12.4. The number of halogens is 3. The molecule has 6 nitrogen and oxygen atoms in total. The number of hydrogen-bond donors (Lipinski definition) is 1. The summed E-state index contributed by atoms with van der Waals surface area (Å²) in [5.74, 6) is 2.20. The van der Waals surface area contributed by atoms with Gasteiger partial charge >= 0.3 is 6.18 Å². The van der Waals surface area contributed by atoms with Crippen LogP contribution in [0, 0.1) is 17.8 Å². The summed E-state index contributed by atoms with van der Waals surface area (Å²) in [5.41, 5.74) is -1.04. The van der Waals surface area contributed by atoms with Gasteiger partial charge in [0, 0.05) is 31.7 Å². The van der Waals surface area contributed by atoms with E-state index < -0.39 is 21.8 Å². The summed E-state index contributed by atoms with van der Waals surface area (Å²) in [6.07, 6.45) is 2.54. The molecule has 0 unspecified atom stereocenters. The van der Waals surface area contributed by atoms with Crippen LogP contribution in [0.3, 0.4) is 0 Å². The quantitative estimate of drug-likeness (QED) is 0.696. The molecule has 6 rings (SSSR count). The van der Waals surface area contributed by atoms with Gasteiger partial charge in [0.1, 0.15) is 0 Å². The zero-order chi connectivity index (χ0) is 23.4. The lowest BCUT2D eigenvalue weighted by Crippen LogP contribution is -2.61. The Morgan fingerprint density at radius 3 is 2.12 bits per heavy atom. The number of alkyl halides is 3. The first-order chi connectivity index (χ1) is 15.5. The van der Waals surface area contributed by atoms with Crippen molar-refractivity contribution in [2.24, 2.45) is 17.8 Å². The lowest BCUT2D eigenvalue weighted by molar-refractivity contribution is -0.137. The number of carbonyl (C=O) groups is 1. The van der Waals surface area contributed by atoms with Gasteiger partial charge in [-0.3, -0.25) is 9.69 Å². The predicted molar refractivity (Wildman–Crippen MR) is 116 cm³/mol. The fourth-order valence-corrected chi connectivity index (χ4v) is 8.38. The maximum absolute atomic E-state index is 13.0. The van der Waals surface area contributed by atoms with Crippen LogP contribution in [-0.2, 0) is 21.0 Å². The molecular weight excluding hydrogens is 455 g/mol. The van der Waals surface area contributed by atoms with Crippen molar-refractivity contribution in [2.75, 3.05) is 32.7 Å². The highest BCUT2D eigenvalue weighted by Gasteiger charge is 2.51.